The van der Waals surface area contributed by atoms with E-state index in [1.165, 1.54) is 0 Å². The molecule has 0 aliphatic carbocycles. The number of aliphatic hydroxyl groups is 1. The highest BCUT2D eigenvalue weighted by atomic mass is 32.2. The first kappa shape index (κ1) is 12.1. The van der Waals surface area contributed by atoms with Crippen molar-refractivity contribution in [3.8, 4) is 0 Å². The molecule has 7 heteroatoms. The van der Waals surface area contributed by atoms with E-state index in [2.05, 4.69) is 10.2 Å². The second-order valence-electron chi connectivity index (χ2n) is 5.31. The van der Waals surface area contributed by atoms with Crippen molar-refractivity contribution in [2.24, 2.45) is 5.92 Å². The van der Waals surface area contributed by atoms with Gasteiger partial charge in [-0.3, -0.25) is 0 Å². The van der Waals surface area contributed by atoms with Gasteiger partial charge in [-0.1, -0.05) is 0 Å². The van der Waals surface area contributed by atoms with Gasteiger partial charge in [-0.25, -0.2) is 8.42 Å². The van der Waals surface area contributed by atoms with E-state index >= 15 is 0 Å². The molecule has 1 N–H and O–H groups in total. The van der Waals surface area contributed by atoms with Crippen LogP contribution < -0.4 is 0 Å². The van der Waals surface area contributed by atoms with Crippen molar-refractivity contribution in [1.29, 1.82) is 0 Å². The summed E-state index contributed by atoms with van der Waals surface area (Å²) in [6.45, 7) is 0.539. The smallest absolute Gasteiger partial charge is 0.150 e. The zero-order valence-electron chi connectivity index (χ0n) is 10.1. The van der Waals surface area contributed by atoms with Crippen LogP contribution >= 0.6 is 0 Å². The summed E-state index contributed by atoms with van der Waals surface area (Å²) in [6.07, 6.45) is 2.51. The maximum absolute atomic E-state index is 11.4. The molecule has 0 amide bonds. The predicted octanol–water partition coefficient (Wildman–Crippen LogP) is -0.438. The minimum Gasteiger partial charge on any atom is -0.391 e. The number of sulfone groups is 1. The van der Waals surface area contributed by atoms with Crippen LogP contribution in [0.25, 0.3) is 0 Å². The lowest BCUT2D eigenvalue weighted by molar-refractivity contribution is 0.128. The van der Waals surface area contributed by atoms with Gasteiger partial charge in [0.1, 0.15) is 11.6 Å². The van der Waals surface area contributed by atoms with E-state index in [0.29, 0.717) is 25.1 Å². The molecule has 0 saturated carbocycles. The van der Waals surface area contributed by atoms with Crippen LogP contribution in [0.5, 0.6) is 0 Å². The van der Waals surface area contributed by atoms with Crippen LogP contribution in [-0.2, 0) is 29.2 Å². The van der Waals surface area contributed by atoms with Crippen molar-refractivity contribution in [2.45, 2.75) is 38.3 Å². The molecule has 0 spiro atoms. The molecule has 1 fully saturated rings. The molecule has 0 bridgehead atoms. The van der Waals surface area contributed by atoms with Gasteiger partial charge in [0, 0.05) is 12.8 Å². The first-order valence-electron chi connectivity index (χ1n) is 6.33. The van der Waals surface area contributed by atoms with E-state index in [4.69, 9.17) is 0 Å². The minimum atomic E-state index is -2.84. The highest BCUT2D eigenvalue weighted by Gasteiger charge is 2.30. The summed E-state index contributed by atoms with van der Waals surface area (Å²) in [5, 5.41) is 17.9. The zero-order chi connectivity index (χ0) is 12.8. The standard InChI is InChI=1S/C11H17N3O3S/c15-9-1-2-10-12-13-11(14(10)6-9)5-8-3-4-18(16,17)7-8/h8-9,15H,1-7H2. The Morgan fingerprint density at radius 2 is 2.17 bits per heavy atom. The lowest BCUT2D eigenvalue weighted by Crippen LogP contribution is -2.26. The van der Waals surface area contributed by atoms with Crippen LogP contribution in [-0.4, -0.2) is 45.9 Å². The Kier molecular flexibility index (Phi) is 2.90. The summed E-state index contributed by atoms with van der Waals surface area (Å²) in [6, 6.07) is 0. The highest BCUT2D eigenvalue weighted by Crippen LogP contribution is 2.23. The largest absolute Gasteiger partial charge is 0.391 e. The van der Waals surface area contributed by atoms with Crippen LogP contribution in [0.1, 0.15) is 24.5 Å². The predicted molar refractivity (Wildman–Crippen MR) is 64.8 cm³/mol. The average Bonchev–Trinajstić information content (AvgIpc) is 2.84. The Hall–Kier alpha value is -0.950. The molecule has 1 saturated heterocycles. The number of aliphatic hydroxyl groups excluding tert-OH is 1. The molecule has 2 atom stereocenters. The van der Waals surface area contributed by atoms with Gasteiger partial charge in [0.2, 0.25) is 0 Å². The molecule has 6 nitrogen and oxygen atoms in total. The average molecular weight is 271 g/mol. The molecule has 3 rings (SSSR count). The summed E-state index contributed by atoms with van der Waals surface area (Å²) in [5.41, 5.74) is 0. The van der Waals surface area contributed by atoms with Gasteiger partial charge in [0.25, 0.3) is 0 Å². The molecule has 1 aromatic rings. The Labute approximate surface area is 106 Å². The van der Waals surface area contributed by atoms with E-state index in [9.17, 15) is 13.5 Å². The summed E-state index contributed by atoms with van der Waals surface area (Å²) in [7, 11) is -2.84. The van der Waals surface area contributed by atoms with Crippen LogP contribution in [0.4, 0.5) is 0 Å². The van der Waals surface area contributed by atoms with Gasteiger partial charge in [-0.15, -0.1) is 10.2 Å². The van der Waals surface area contributed by atoms with Crippen molar-refractivity contribution >= 4 is 9.84 Å². The fourth-order valence-corrected chi connectivity index (χ4v) is 4.67. The number of nitrogens with zero attached hydrogens (tertiary/aromatic N) is 3. The third-order valence-electron chi connectivity index (χ3n) is 3.80. The number of hydrogen-bond donors (Lipinski definition) is 1. The van der Waals surface area contributed by atoms with Crippen LogP contribution in [0.3, 0.4) is 0 Å². The number of rotatable bonds is 2. The molecular formula is C11H17N3O3S. The summed E-state index contributed by atoms with van der Waals surface area (Å²) in [4.78, 5) is 0. The topological polar surface area (TPSA) is 85.1 Å². The van der Waals surface area contributed by atoms with Crippen molar-refractivity contribution in [1.82, 2.24) is 14.8 Å². The van der Waals surface area contributed by atoms with Gasteiger partial charge in [0.15, 0.2) is 9.84 Å². The molecule has 0 radical (unpaired) electrons. The van der Waals surface area contributed by atoms with Crippen molar-refractivity contribution in [2.75, 3.05) is 11.5 Å². The van der Waals surface area contributed by atoms with Crippen LogP contribution in [0, 0.1) is 5.92 Å². The van der Waals surface area contributed by atoms with Gasteiger partial charge < -0.3 is 9.67 Å². The lowest BCUT2D eigenvalue weighted by atomic mass is 10.0. The Morgan fingerprint density at radius 1 is 1.33 bits per heavy atom. The lowest BCUT2D eigenvalue weighted by Gasteiger charge is -2.20. The van der Waals surface area contributed by atoms with Gasteiger partial charge in [0.05, 0.1) is 24.2 Å². The van der Waals surface area contributed by atoms with Crippen LogP contribution in [0.15, 0.2) is 0 Å². The summed E-state index contributed by atoms with van der Waals surface area (Å²) < 4.78 is 24.8. The maximum atomic E-state index is 11.4. The fraction of sp³-hybridized carbons (Fsp3) is 0.818. The van der Waals surface area contributed by atoms with Gasteiger partial charge in [-0.05, 0) is 18.8 Å². The molecule has 1 aromatic heterocycles. The number of hydrogen-bond acceptors (Lipinski definition) is 5. The first-order chi connectivity index (χ1) is 8.53. The van der Waals surface area contributed by atoms with Crippen molar-refractivity contribution in [3.63, 3.8) is 0 Å². The molecule has 2 aliphatic heterocycles. The summed E-state index contributed by atoms with van der Waals surface area (Å²) in [5.74, 6) is 2.45. The third-order valence-corrected chi connectivity index (χ3v) is 5.63. The SMILES string of the molecule is O=S1(=O)CCC(Cc2nnc3n2CC(O)CC3)C1. The summed E-state index contributed by atoms with van der Waals surface area (Å²) >= 11 is 0. The first-order valence-corrected chi connectivity index (χ1v) is 8.15. The van der Waals surface area contributed by atoms with Crippen molar-refractivity contribution < 1.29 is 13.5 Å². The molecular weight excluding hydrogens is 254 g/mol. The van der Waals surface area contributed by atoms with E-state index in [1.54, 1.807) is 0 Å². The third kappa shape index (κ3) is 2.29. The second kappa shape index (κ2) is 4.31. The number of aryl methyl sites for hydroxylation is 1. The minimum absolute atomic E-state index is 0.155. The maximum Gasteiger partial charge on any atom is 0.150 e. The molecule has 100 valence electrons. The molecule has 3 heterocycles. The van der Waals surface area contributed by atoms with E-state index in [1.807, 2.05) is 4.57 Å². The molecule has 2 unspecified atom stereocenters. The zero-order valence-corrected chi connectivity index (χ0v) is 10.9. The fourth-order valence-electron chi connectivity index (χ4n) is 2.81. The van der Waals surface area contributed by atoms with E-state index < -0.39 is 9.84 Å². The van der Waals surface area contributed by atoms with Crippen molar-refractivity contribution in [3.05, 3.63) is 11.6 Å². The molecule has 18 heavy (non-hydrogen) atoms. The Morgan fingerprint density at radius 3 is 2.89 bits per heavy atom. The number of aromatic nitrogens is 3. The van der Waals surface area contributed by atoms with E-state index in [0.717, 1.165) is 24.5 Å². The Balaban J connectivity index is 1.76. The molecule has 2 aliphatic rings. The van der Waals surface area contributed by atoms with Gasteiger partial charge >= 0.3 is 0 Å². The molecule has 0 aromatic carbocycles. The Bertz CT molecular complexity index is 552. The number of fused-ring (bicyclic) bond motifs is 1. The normalized spacial score (nSPS) is 30.3. The highest BCUT2D eigenvalue weighted by molar-refractivity contribution is 7.91. The van der Waals surface area contributed by atoms with Crippen LogP contribution in [0.2, 0.25) is 0 Å². The second-order valence-corrected chi connectivity index (χ2v) is 7.54. The monoisotopic (exact) mass is 271 g/mol. The van der Waals surface area contributed by atoms with Gasteiger partial charge in [-0.2, -0.15) is 0 Å². The van der Waals surface area contributed by atoms with E-state index in [-0.39, 0.29) is 17.8 Å². The quantitative estimate of drug-likeness (QED) is 0.788.